The number of thiocarbonyl (C=S) groups is 1. The van der Waals surface area contributed by atoms with Crippen LogP contribution in [0.15, 0.2) is 28.0 Å². The molecule has 0 spiro atoms. The second-order valence-electron chi connectivity index (χ2n) is 4.31. The van der Waals surface area contributed by atoms with Crippen LogP contribution in [0.3, 0.4) is 0 Å². The molecule has 1 fully saturated rings. The molecule has 0 atom stereocenters. The van der Waals surface area contributed by atoms with E-state index in [9.17, 15) is 17.8 Å². The number of thioether (sulfide) groups is 1. The van der Waals surface area contributed by atoms with E-state index in [2.05, 4.69) is 0 Å². The molecule has 1 N–H and O–H groups in total. The molecule has 0 saturated carbocycles. The quantitative estimate of drug-likeness (QED) is 0.315. The van der Waals surface area contributed by atoms with E-state index in [4.69, 9.17) is 17.0 Å². The first kappa shape index (κ1) is 20.6. The fourth-order valence-electron chi connectivity index (χ4n) is 1.91. The van der Waals surface area contributed by atoms with Crippen molar-refractivity contribution >= 4 is 50.4 Å². The Morgan fingerprint density at radius 3 is 2.57 bits per heavy atom. The van der Waals surface area contributed by atoms with Crippen LogP contribution in [0.2, 0.25) is 0 Å². The minimum absolute atomic E-state index is 0. The molecule has 1 heterocycles. The summed E-state index contributed by atoms with van der Waals surface area (Å²) in [5.74, 6) is -0.192. The fourth-order valence-corrected chi connectivity index (χ4v) is 3.98. The maximum Gasteiger partial charge on any atom is 1.00 e. The Morgan fingerprint density at radius 1 is 1.43 bits per heavy atom. The van der Waals surface area contributed by atoms with Crippen LogP contribution >= 0.6 is 24.0 Å². The van der Waals surface area contributed by atoms with Crippen molar-refractivity contribution in [1.29, 1.82) is 0 Å². The summed E-state index contributed by atoms with van der Waals surface area (Å²) < 4.78 is 37.3. The van der Waals surface area contributed by atoms with Gasteiger partial charge in [0.1, 0.15) is 15.0 Å². The van der Waals surface area contributed by atoms with Crippen molar-refractivity contribution < 1.29 is 52.1 Å². The molecule has 23 heavy (non-hydrogen) atoms. The number of rotatable bonds is 4. The molecule has 1 aliphatic heterocycles. The van der Waals surface area contributed by atoms with E-state index >= 15 is 0 Å². The zero-order valence-corrected chi connectivity index (χ0v) is 17.2. The van der Waals surface area contributed by atoms with Gasteiger partial charge >= 0.3 is 29.6 Å². The molecule has 118 valence electrons. The van der Waals surface area contributed by atoms with Crippen molar-refractivity contribution in [2.75, 3.05) is 13.7 Å². The molecule has 1 amide bonds. The first-order chi connectivity index (χ1) is 10.3. The zero-order valence-electron chi connectivity index (χ0n) is 12.8. The van der Waals surface area contributed by atoms with Crippen LogP contribution in [0.1, 0.15) is 12.5 Å². The van der Waals surface area contributed by atoms with Gasteiger partial charge in [0.2, 0.25) is 0 Å². The molecule has 6 nitrogen and oxygen atoms in total. The average Bonchev–Trinajstić information content (AvgIpc) is 2.72. The summed E-state index contributed by atoms with van der Waals surface area (Å²) in [5.41, 5.74) is 0.449. The number of hydrogen-bond acceptors (Lipinski definition) is 6. The third-order valence-electron chi connectivity index (χ3n) is 2.95. The number of benzene rings is 1. The van der Waals surface area contributed by atoms with Crippen molar-refractivity contribution in [3.8, 4) is 5.75 Å². The molecule has 1 aromatic carbocycles. The van der Waals surface area contributed by atoms with Crippen LogP contribution in [-0.4, -0.2) is 41.8 Å². The van der Waals surface area contributed by atoms with E-state index in [1.165, 1.54) is 30.2 Å². The summed E-state index contributed by atoms with van der Waals surface area (Å²) in [6.45, 7) is 2.29. The summed E-state index contributed by atoms with van der Waals surface area (Å²) in [5, 5.41) is 0. The number of methoxy groups -OCH3 is 1. The molecule has 0 aliphatic carbocycles. The number of carbonyl (C=O) groups is 1. The Bertz CT molecular complexity index is 776. The number of likely N-dealkylation sites (N-methyl/N-ethyl adjacent to an activating group) is 1. The van der Waals surface area contributed by atoms with Crippen LogP contribution in [0.5, 0.6) is 5.75 Å². The van der Waals surface area contributed by atoms with Crippen molar-refractivity contribution in [3.05, 3.63) is 28.7 Å². The first-order valence-electron chi connectivity index (χ1n) is 6.18. The van der Waals surface area contributed by atoms with Gasteiger partial charge in [-0.15, -0.1) is 0 Å². The van der Waals surface area contributed by atoms with Gasteiger partial charge in [-0.1, -0.05) is 30.0 Å². The molecule has 1 aliphatic rings. The van der Waals surface area contributed by atoms with Crippen molar-refractivity contribution in [1.82, 2.24) is 4.90 Å². The van der Waals surface area contributed by atoms with Gasteiger partial charge in [0.15, 0.2) is 0 Å². The van der Waals surface area contributed by atoms with Crippen molar-refractivity contribution in [2.45, 2.75) is 11.8 Å². The Labute approximate surface area is 166 Å². The SMILES string of the molecule is CCN1C(=O)/C(=C/c2ccc(OC)c(S(=O)(=O)O)c2)SC1=S.[Na+]. The number of carbonyl (C=O) groups excluding carboxylic acids is 1. The summed E-state index contributed by atoms with van der Waals surface area (Å²) in [4.78, 5) is 13.6. The van der Waals surface area contributed by atoms with E-state index in [1.54, 1.807) is 6.07 Å². The maximum absolute atomic E-state index is 12.1. The monoisotopic (exact) mass is 382 g/mol. The summed E-state index contributed by atoms with van der Waals surface area (Å²) in [7, 11) is -3.12. The summed E-state index contributed by atoms with van der Waals surface area (Å²) >= 11 is 6.26. The Hall–Kier alpha value is -0.420. The molecule has 0 aromatic heterocycles. The van der Waals surface area contributed by atoms with Gasteiger partial charge in [0.25, 0.3) is 16.0 Å². The maximum atomic E-state index is 12.1. The molecule has 10 heteroatoms. The minimum Gasteiger partial charge on any atom is -0.495 e. The molecule has 1 saturated heterocycles. The number of ether oxygens (including phenoxy) is 1. The fraction of sp³-hybridized carbons (Fsp3) is 0.231. The standard InChI is InChI=1S/C13H13NO5S3.Na/c1-3-14-12(15)10(21-13(14)20)6-8-4-5-9(19-2)11(7-8)22(16,17)18;/h4-7H,3H2,1-2H3,(H,16,17,18);/q;+1/b10-6-;. The molecule has 0 bridgehead atoms. The molecule has 0 radical (unpaired) electrons. The van der Waals surface area contributed by atoms with Crippen LogP contribution in [0.25, 0.3) is 6.08 Å². The topological polar surface area (TPSA) is 83.9 Å². The Kier molecular flexibility index (Phi) is 7.27. The van der Waals surface area contributed by atoms with Crippen LogP contribution < -0.4 is 34.3 Å². The van der Waals surface area contributed by atoms with Gasteiger partial charge in [0.05, 0.1) is 12.0 Å². The molecular weight excluding hydrogens is 369 g/mol. The van der Waals surface area contributed by atoms with Crippen LogP contribution in [0, 0.1) is 0 Å². The average molecular weight is 382 g/mol. The van der Waals surface area contributed by atoms with E-state index in [0.717, 1.165) is 11.8 Å². The molecule has 2 rings (SSSR count). The molecular formula is C13H13NNaO5S3+. The van der Waals surface area contributed by atoms with E-state index < -0.39 is 10.1 Å². The van der Waals surface area contributed by atoms with Gasteiger partial charge < -0.3 is 4.74 Å². The number of amides is 1. The largest absolute Gasteiger partial charge is 1.00 e. The smallest absolute Gasteiger partial charge is 0.495 e. The molecule has 0 unspecified atom stereocenters. The second-order valence-corrected chi connectivity index (χ2v) is 7.38. The minimum atomic E-state index is -4.42. The normalized spacial score (nSPS) is 16.7. The van der Waals surface area contributed by atoms with E-state index in [-0.39, 0.29) is 46.1 Å². The van der Waals surface area contributed by atoms with E-state index in [0.29, 0.717) is 21.3 Å². The molecule has 1 aromatic rings. The van der Waals surface area contributed by atoms with Gasteiger partial charge in [-0.3, -0.25) is 14.2 Å². The third kappa shape index (κ3) is 4.56. The predicted octanol–water partition coefficient (Wildman–Crippen LogP) is -0.833. The Balaban J connectivity index is 0.00000264. The number of nitrogens with zero attached hydrogens (tertiary/aromatic N) is 1. The van der Waals surface area contributed by atoms with Gasteiger partial charge in [-0.2, -0.15) is 8.42 Å². The first-order valence-corrected chi connectivity index (χ1v) is 8.85. The summed E-state index contributed by atoms with van der Waals surface area (Å²) in [6.07, 6.45) is 1.53. The second kappa shape index (κ2) is 8.11. The van der Waals surface area contributed by atoms with E-state index in [1.807, 2.05) is 6.92 Å². The number of hydrogen-bond donors (Lipinski definition) is 1. The van der Waals surface area contributed by atoms with Crippen LogP contribution in [-0.2, 0) is 14.9 Å². The van der Waals surface area contributed by atoms with Crippen LogP contribution in [0.4, 0.5) is 0 Å². The van der Waals surface area contributed by atoms with Gasteiger partial charge in [-0.25, -0.2) is 0 Å². The van der Waals surface area contributed by atoms with Gasteiger partial charge in [0, 0.05) is 6.54 Å². The van der Waals surface area contributed by atoms with Crippen molar-refractivity contribution in [3.63, 3.8) is 0 Å². The van der Waals surface area contributed by atoms with Crippen molar-refractivity contribution in [2.24, 2.45) is 0 Å². The summed E-state index contributed by atoms with van der Waals surface area (Å²) in [6, 6.07) is 4.24. The van der Waals surface area contributed by atoms with Gasteiger partial charge in [-0.05, 0) is 30.7 Å². The predicted molar refractivity (Wildman–Crippen MR) is 88.4 cm³/mol. The third-order valence-corrected chi connectivity index (χ3v) is 5.21. The zero-order chi connectivity index (χ0) is 16.5. The Morgan fingerprint density at radius 2 is 2.09 bits per heavy atom.